The topological polar surface area (TPSA) is 101 Å². The predicted octanol–water partition coefficient (Wildman–Crippen LogP) is 2.75. The van der Waals surface area contributed by atoms with E-state index in [0.717, 1.165) is 0 Å². The van der Waals surface area contributed by atoms with Crippen LogP contribution in [0.2, 0.25) is 0 Å². The molecule has 0 aromatic carbocycles. The summed E-state index contributed by atoms with van der Waals surface area (Å²) >= 11 is 0. The van der Waals surface area contributed by atoms with E-state index in [-0.39, 0.29) is 12.2 Å². The average molecular weight is 421 g/mol. The maximum absolute atomic E-state index is 12.2. The Morgan fingerprint density at radius 2 is 1.80 bits per heavy atom. The highest BCUT2D eigenvalue weighted by Gasteiger charge is 2.52. The molecule has 10 heteroatoms. The smallest absolute Gasteiger partial charge is 0.464 e. The molecule has 30 heavy (non-hydrogen) atoms. The monoisotopic (exact) mass is 421 g/mol. The number of nitrogens with one attached hydrogen (secondary N) is 1. The first kappa shape index (κ1) is 23.9. The van der Waals surface area contributed by atoms with Crippen LogP contribution in [0.25, 0.3) is 6.08 Å². The SMILES string of the molecule is COC(=O)c1c(C=C(CNC(=O)OC(C)(C)C)B2OC(C)(C)C(C)(C)O2)cnn1C. The lowest BCUT2D eigenvalue weighted by Gasteiger charge is -2.32. The molecule has 0 atom stereocenters. The third kappa shape index (κ3) is 5.43. The molecule has 1 N–H and O–H groups in total. The van der Waals surface area contributed by atoms with Crippen molar-refractivity contribution in [3.05, 3.63) is 22.9 Å². The van der Waals surface area contributed by atoms with Crippen molar-refractivity contribution < 1.29 is 28.4 Å². The second kappa shape index (κ2) is 8.43. The zero-order valence-electron chi connectivity index (χ0n) is 19.3. The molecule has 0 bridgehead atoms. The van der Waals surface area contributed by atoms with E-state index in [0.29, 0.717) is 11.0 Å². The van der Waals surface area contributed by atoms with Crippen molar-refractivity contribution in [1.29, 1.82) is 0 Å². The summed E-state index contributed by atoms with van der Waals surface area (Å²) in [4.78, 5) is 24.4. The predicted molar refractivity (Wildman–Crippen MR) is 113 cm³/mol. The molecule has 166 valence electrons. The molecule has 9 nitrogen and oxygen atoms in total. The lowest BCUT2D eigenvalue weighted by atomic mass is 9.77. The Bertz CT molecular complexity index is 822. The number of carbonyl (C=O) groups excluding carboxylic acids is 2. The van der Waals surface area contributed by atoms with E-state index in [2.05, 4.69) is 10.4 Å². The highest BCUT2D eigenvalue weighted by Crippen LogP contribution is 2.38. The highest BCUT2D eigenvalue weighted by molar-refractivity contribution is 6.56. The van der Waals surface area contributed by atoms with Crippen LogP contribution in [0.4, 0.5) is 4.79 Å². The molecule has 0 saturated carbocycles. The van der Waals surface area contributed by atoms with Gasteiger partial charge in [-0.2, -0.15) is 5.10 Å². The molecule has 0 spiro atoms. The van der Waals surface area contributed by atoms with Gasteiger partial charge in [-0.05, 0) is 53.9 Å². The number of methoxy groups -OCH3 is 1. The van der Waals surface area contributed by atoms with Crippen LogP contribution in [0.15, 0.2) is 11.7 Å². The Labute approximate surface area is 178 Å². The van der Waals surface area contributed by atoms with Crippen LogP contribution in [-0.2, 0) is 25.8 Å². The first-order valence-corrected chi connectivity index (χ1v) is 9.80. The molecule has 0 unspecified atom stereocenters. The van der Waals surface area contributed by atoms with Crippen LogP contribution in [0, 0.1) is 0 Å². The Kier molecular flexibility index (Phi) is 6.73. The minimum absolute atomic E-state index is 0.0985. The van der Waals surface area contributed by atoms with Gasteiger partial charge >= 0.3 is 19.2 Å². The highest BCUT2D eigenvalue weighted by atomic mass is 16.7. The summed E-state index contributed by atoms with van der Waals surface area (Å²) in [5.74, 6) is -0.519. The van der Waals surface area contributed by atoms with Gasteiger partial charge < -0.3 is 24.1 Å². The maximum atomic E-state index is 12.2. The van der Waals surface area contributed by atoms with E-state index in [9.17, 15) is 9.59 Å². The molecule has 1 fully saturated rings. The minimum atomic E-state index is -0.726. The molecule has 1 saturated heterocycles. The summed E-state index contributed by atoms with van der Waals surface area (Å²) in [5, 5.41) is 6.87. The number of rotatable bonds is 5. The molecule has 1 aliphatic heterocycles. The van der Waals surface area contributed by atoms with Gasteiger partial charge in [0.1, 0.15) is 5.60 Å². The normalized spacial score (nSPS) is 18.3. The van der Waals surface area contributed by atoms with Gasteiger partial charge in [0.2, 0.25) is 0 Å². The van der Waals surface area contributed by atoms with Crippen molar-refractivity contribution in [2.24, 2.45) is 7.05 Å². The van der Waals surface area contributed by atoms with Crippen LogP contribution < -0.4 is 5.32 Å². The first-order chi connectivity index (χ1) is 13.7. The van der Waals surface area contributed by atoms with Crippen LogP contribution in [0.5, 0.6) is 0 Å². The average Bonchev–Trinajstić information content (AvgIpc) is 3.05. The van der Waals surface area contributed by atoms with Crippen molar-refractivity contribution in [1.82, 2.24) is 15.1 Å². The number of ether oxygens (including phenoxy) is 2. The molecule has 1 amide bonds. The van der Waals surface area contributed by atoms with Crippen molar-refractivity contribution >= 4 is 25.3 Å². The Morgan fingerprint density at radius 3 is 2.30 bits per heavy atom. The third-order valence-electron chi connectivity index (χ3n) is 5.08. The fourth-order valence-corrected chi connectivity index (χ4v) is 2.79. The molecule has 0 radical (unpaired) electrons. The molecule has 1 aliphatic rings. The van der Waals surface area contributed by atoms with E-state index in [1.807, 2.05) is 27.7 Å². The number of aryl methyl sites for hydroxylation is 1. The molecule has 1 aromatic heterocycles. The van der Waals surface area contributed by atoms with Gasteiger partial charge in [0.05, 0.1) is 24.5 Å². The van der Waals surface area contributed by atoms with Gasteiger partial charge in [-0.25, -0.2) is 9.59 Å². The fourth-order valence-electron chi connectivity index (χ4n) is 2.79. The molecular formula is C20H32BN3O6. The number of nitrogens with zero attached hydrogens (tertiary/aromatic N) is 2. The minimum Gasteiger partial charge on any atom is -0.464 e. The Morgan fingerprint density at radius 1 is 1.23 bits per heavy atom. The van der Waals surface area contributed by atoms with Crippen molar-refractivity contribution in [3.63, 3.8) is 0 Å². The summed E-state index contributed by atoms with van der Waals surface area (Å²) < 4.78 is 23.9. The van der Waals surface area contributed by atoms with E-state index in [1.54, 1.807) is 40.1 Å². The van der Waals surface area contributed by atoms with Crippen LogP contribution >= 0.6 is 0 Å². The number of carbonyl (C=O) groups is 2. The number of hydrogen-bond acceptors (Lipinski definition) is 7. The summed E-state index contributed by atoms with van der Waals surface area (Å²) in [6, 6.07) is 0. The Hall–Kier alpha value is -2.33. The van der Waals surface area contributed by atoms with E-state index < -0.39 is 36.0 Å². The van der Waals surface area contributed by atoms with Gasteiger partial charge in [-0.1, -0.05) is 6.08 Å². The molecular weight excluding hydrogens is 389 g/mol. The summed E-state index contributed by atoms with van der Waals surface area (Å²) in [5.41, 5.74) is -0.341. The van der Waals surface area contributed by atoms with Gasteiger partial charge in [0, 0.05) is 19.2 Å². The number of hydrogen-bond donors (Lipinski definition) is 1. The van der Waals surface area contributed by atoms with Crippen LogP contribution in [0.1, 0.15) is 64.5 Å². The number of amides is 1. The molecule has 2 rings (SSSR count). The quantitative estimate of drug-likeness (QED) is 0.576. The summed E-state index contributed by atoms with van der Waals surface area (Å²) in [6.07, 6.45) is 2.70. The Balaban J connectivity index is 2.37. The largest absolute Gasteiger partial charge is 0.492 e. The molecule has 0 aliphatic carbocycles. The fraction of sp³-hybridized carbons (Fsp3) is 0.650. The van der Waals surface area contributed by atoms with E-state index >= 15 is 0 Å². The third-order valence-corrected chi connectivity index (χ3v) is 5.08. The lowest BCUT2D eigenvalue weighted by Crippen LogP contribution is -2.41. The lowest BCUT2D eigenvalue weighted by molar-refractivity contribution is 0.00578. The van der Waals surface area contributed by atoms with Gasteiger partial charge in [0.15, 0.2) is 5.69 Å². The molecule has 2 heterocycles. The number of esters is 1. The first-order valence-electron chi connectivity index (χ1n) is 9.80. The standard InChI is InChI=1S/C20H32BN3O6/c1-18(2,3)28-17(26)22-12-14(21-29-19(4,5)20(6,7)30-21)10-13-11-23-24(8)15(13)16(25)27-9/h10-11H,12H2,1-9H3,(H,22,26). The second-order valence-electron chi connectivity index (χ2n) is 9.23. The van der Waals surface area contributed by atoms with Crippen molar-refractivity contribution in [2.45, 2.75) is 65.3 Å². The zero-order chi connectivity index (χ0) is 22.9. The van der Waals surface area contributed by atoms with Crippen LogP contribution in [-0.4, -0.2) is 59.4 Å². The van der Waals surface area contributed by atoms with E-state index in [1.165, 1.54) is 11.8 Å². The van der Waals surface area contributed by atoms with Gasteiger partial charge in [0.25, 0.3) is 0 Å². The van der Waals surface area contributed by atoms with Gasteiger partial charge in [-0.3, -0.25) is 4.68 Å². The van der Waals surface area contributed by atoms with Crippen molar-refractivity contribution in [3.8, 4) is 0 Å². The van der Waals surface area contributed by atoms with Crippen molar-refractivity contribution in [2.75, 3.05) is 13.7 Å². The zero-order valence-corrected chi connectivity index (χ0v) is 19.3. The van der Waals surface area contributed by atoms with E-state index in [4.69, 9.17) is 18.8 Å². The van der Waals surface area contributed by atoms with Crippen LogP contribution in [0.3, 0.4) is 0 Å². The molecule has 1 aromatic rings. The second-order valence-corrected chi connectivity index (χ2v) is 9.23. The number of aromatic nitrogens is 2. The summed E-state index contributed by atoms with van der Waals surface area (Å²) in [6.45, 7) is 13.2. The summed E-state index contributed by atoms with van der Waals surface area (Å²) in [7, 11) is 2.23. The maximum Gasteiger partial charge on any atom is 0.492 e. The number of alkyl carbamates (subject to hydrolysis) is 1. The van der Waals surface area contributed by atoms with Gasteiger partial charge in [-0.15, -0.1) is 0 Å².